The zero-order chi connectivity index (χ0) is 18.0. The Bertz CT molecular complexity index is 1000. The maximum atomic E-state index is 14.0. The second-order valence-corrected chi connectivity index (χ2v) is 6.57. The summed E-state index contributed by atoms with van der Waals surface area (Å²) in [5.41, 5.74) is 0.291. The average Bonchev–Trinajstić information content (AvgIpc) is 2.62. The molecule has 2 aromatic carbocycles. The molecule has 6 heteroatoms. The number of hydrogen-bond acceptors (Lipinski definition) is 2. The Labute approximate surface area is 152 Å². The first-order chi connectivity index (χ1) is 12.0. The van der Waals surface area contributed by atoms with Crippen molar-refractivity contribution in [1.29, 1.82) is 0 Å². The van der Waals surface area contributed by atoms with Crippen LogP contribution in [0.25, 0.3) is 10.8 Å². The molecule has 0 saturated carbocycles. The molecular formula is C19H16BrFN2O2. The highest BCUT2D eigenvalue weighted by Crippen LogP contribution is 2.18. The van der Waals surface area contributed by atoms with Crippen molar-refractivity contribution in [2.45, 2.75) is 13.5 Å². The first-order valence-corrected chi connectivity index (χ1v) is 8.64. The Balaban J connectivity index is 1.95. The maximum Gasteiger partial charge on any atom is 0.270 e. The molecule has 1 amide bonds. The number of fused-ring (bicyclic) bond motifs is 1. The van der Waals surface area contributed by atoms with Gasteiger partial charge in [-0.15, -0.1) is 0 Å². The van der Waals surface area contributed by atoms with Crippen LogP contribution in [0.2, 0.25) is 0 Å². The van der Waals surface area contributed by atoms with E-state index in [1.807, 2.05) is 13.0 Å². The van der Waals surface area contributed by atoms with Gasteiger partial charge < -0.3 is 9.88 Å². The fourth-order valence-corrected chi connectivity index (χ4v) is 3.10. The fourth-order valence-electron chi connectivity index (χ4n) is 2.69. The van der Waals surface area contributed by atoms with Crippen LogP contribution in [0.3, 0.4) is 0 Å². The number of aromatic amines is 1. The minimum absolute atomic E-state index is 0.120. The van der Waals surface area contributed by atoms with E-state index in [1.165, 1.54) is 11.0 Å². The fraction of sp³-hybridized carbons (Fsp3) is 0.158. The molecule has 3 rings (SSSR count). The molecule has 1 aromatic heterocycles. The number of nitrogens with zero attached hydrogens (tertiary/aromatic N) is 1. The molecule has 4 nitrogen and oxygen atoms in total. The van der Waals surface area contributed by atoms with Crippen LogP contribution in [0.1, 0.15) is 23.0 Å². The highest BCUT2D eigenvalue weighted by molar-refractivity contribution is 9.10. The van der Waals surface area contributed by atoms with E-state index in [0.717, 1.165) is 4.47 Å². The summed E-state index contributed by atoms with van der Waals surface area (Å²) in [6.07, 6.45) is 0. The molecule has 1 heterocycles. The number of H-pyrrole nitrogens is 1. The van der Waals surface area contributed by atoms with E-state index in [9.17, 15) is 14.0 Å². The van der Waals surface area contributed by atoms with Crippen molar-refractivity contribution in [3.05, 3.63) is 80.4 Å². The summed E-state index contributed by atoms with van der Waals surface area (Å²) in [7, 11) is 0. The van der Waals surface area contributed by atoms with Crippen molar-refractivity contribution in [3.8, 4) is 0 Å². The van der Waals surface area contributed by atoms with Gasteiger partial charge in [-0.2, -0.15) is 0 Å². The molecule has 0 atom stereocenters. The Hall–Kier alpha value is -2.47. The third kappa shape index (κ3) is 3.64. The number of rotatable bonds is 4. The maximum absolute atomic E-state index is 14.0. The monoisotopic (exact) mass is 402 g/mol. The Morgan fingerprint density at radius 2 is 1.96 bits per heavy atom. The van der Waals surface area contributed by atoms with Gasteiger partial charge in [-0.05, 0) is 42.6 Å². The molecule has 3 aromatic rings. The highest BCUT2D eigenvalue weighted by Gasteiger charge is 2.18. The van der Waals surface area contributed by atoms with Gasteiger partial charge in [-0.1, -0.05) is 34.1 Å². The van der Waals surface area contributed by atoms with Gasteiger partial charge in [0.25, 0.3) is 11.5 Å². The summed E-state index contributed by atoms with van der Waals surface area (Å²) in [5.74, 6) is -0.716. The molecule has 25 heavy (non-hydrogen) atoms. The third-order valence-corrected chi connectivity index (χ3v) is 4.52. The van der Waals surface area contributed by atoms with Gasteiger partial charge in [0.05, 0.1) is 0 Å². The van der Waals surface area contributed by atoms with E-state index < -0.39 is 0 Å². The van der Waals surface area contributed by atoms with E-state index in [0.29, 0.717) is 22.9 Å². The van der Waals surface area contributed by atoms with Crippen molar-refractivity contribution < 1.29 is 9.18 Å². The lowest BCUT2D eigenvalue weighted by atomic mass is 10.1. The van der Waals surface area contributed by atoms with Crippen molar-refractivity contribution in [2.75, 3.05) is 6.54 Å². The van der Waals surface area contributed by atoms with Crippen LogP contribution in [0.4, 0.5) is 4.39 Å². The molecule has 0 aliphatic carbocycles. The van der Waals surface area contributed by atoms with E-state index in [2.05, 4.69) is 20.9 Å². The predicted octanol–water partition coefficient (Wildman–Crippen LogP) is 4.09. The zero-order valence-electron chi connectivity index (χ0n) is 13.6. The summed E-state index contributed by atoms with van der Waals surface area (Å²) in [6, 6.07) is 13.3. The summed E-state index contributed by atoms with van der Waals surface area (Å²) in [5, 5.41) is 1.22. The van der Waals surface area contributed by atoms with Crippen LogP contribution < -0.4 is 5.56 Å². The predicted molar refractivity (Wildman–Crippen MR) is 99.1 cm³/mol. The lowest BCUT2D eigenvalue weighted by Crippen LogP contribution is -2.32. The van der Waals surface area contributed by atoms with Crippen LogP contribution in [-0.2, 0) is 6.54 Å². The molecule has 0 aliphatic heterocycles. The summed E-state index contributed by atoms with van der Waals surface area (Å²) in [6.45, 7) is 2.32. The lowest BCUT2D eigenvalue weighted by molar-refractivity contribution is 0.0745. The van der Waals surface area contributed by atoms with Crippen molar-refractivity contribution >= 4 is 32.6 Å². The van der Waals surface area contributed by atoms with Crippen LogP contribution in [0.15, 0.2) is 57.8 Å². The first kappa shape index (κ1) is 17.4. The van der Waals surface area contributed by atoms with Crippen molar-refractivity contribution in [1.82, 2.24) is 9.88 Å². The van der Waals surface area contributed by atoms with Gasteiger partial charge >= 0.3 is 0 Å². The third-order valence-electron chi connectivity index (χ3n) is 4.02. The van der Waals surface area contributed by atoms with E-state index in [-0.39, 0.29) is 29.5 Å². The van der Waals surface area contributed by atoms with Gasteiger partial charge in [-0.25, -0.2) is 4.39 Å². The van der Waals surface area contributed by atoms with Crippen LogP contribution >= 0.6 is 15.9 Å². The zero-order valence-corrected chi connectivity index (χ0v) is 15.1. The minimum atomic E-state index is -0.374. The van der Waals surface area contributed by atoms with Gasteiger partial charge in [0.15, 0.2) is 0 Å². The van der Waals surface area contributed by atoms with Gasteiger partial charge in [0, 0.05) is 28.5 Å². The Morgan fingerprint density at radius 1 is 1.20 bits per heavy atom. The Morgan fingerprint density at radius 3 is 2.72 bits per heavy atom. The topological polar surface area (TPSA) is 53.2 Å². The summed E-state index contributed by atoms with van der Waals surface area (Å²) < 4.78 is 14.7. The van der Waals surface area contributed by atoms with Gasteiger partial charge in [0.1, 0.15) is 11.5 Å². The average molecular weight is 403 g/mol. The van der Waals surface area contributed by atoms with Crippen LogP contribution in [0.5, 0.6) is 0 Å². The summed E-state index contributed by atoms with van der Waals surface area (Å²) in [4.78, 5) is 29.1. The molecular weight excluding hydrogens is 387 g/mol. The minimum Gasteiger partial charge on any atom is -0.333 e. The first-order valence-electron chi connectivity index (χ1n) is 7.85. The quantitative estimate of drug-likeness (QED) is 0.714. The molecule has 0 fully saturated rings. The molecule has 0 unspecified atom stereocenters. The molecule has 0 saturated heterocycles. The highest BCUT2D eigenvalue weighted by atomic mass is 79.9. The molecule has 1 N–H and O–H groups in total. The largest absolute Gasteiger partial charge is 0.333 e. The molecule has 0 spiro atoms. The van der Waals surface area contributed by atoms with E-state index in [4.69, 9.17) is 0 Å². The Kier molecular flexibility index (Phi) is 4.99. The number of aromatic nitrogens is 1. The van der Waals surface area contributed by atoms with Gasteiger partial charge in [-0.3, -0.25) is 9.59 Å². The van der Waals surface area contributed by atoms with Crippen LogP contribution in [0, 0.1) is 5.82 Å². The molecule has 0 radical (unpaired) electrons. The standard InChI is InChI=1S/C19H16BrFN2O2/c1-2-23(11-13-9-14(20)7-8-16(13)21)19(25)17-10-12-5-3-4-6-15(12)18(24)22-17/h3-10H,2,11H2,1H3,(H,22,24). The summed E-state index contributed by atoms with van der Waals surface area (Å²) >= 11 is 3.31. The van der Waals surface area contributed by atoms with E-state index >= 15 is 0 Å². The molecule has 128 valence electrons. The number of benzene rings is 2. The van der Waals surface area contributed by atoms with Crippen molar-refractivity contribution in [3.63, 3.8) is 0 Å². The number of amides is 1. The number of hydrogen-bond donors (Lipinski definition) is 1. The second kappa shape index (κ2) is 7.19. The SMILES string of the molecule is CCN(Cc1cc(Br)ccc1F)C(=O)c1cc2ccccc2c(=O)[nH]1. The number of carbonyl (C=O) groups is 1. The van der Waals surface area contributed by atoms with E-state index in [1.54, 1.807) is 36.4 Å². The number of carbonyl (C=O) groups excluding carboxylic acids is 1. The lowest BCUT2D eigenvalue weighted by Gasteiger charge is -2.21. The van der Waals surface area contributed by atoms with Crippen molar-refractivity contribution in [2.24, 2.45) is 0 Å². The normalized spacial score (nSPS) is 10.8. The molecule has 0 aliphatic rings. The second-order valence-electron chi connectivity index (χ2n) is 5.65. The number of nitrogens with one attached hydrogen (secondary N) is 1. The molecule has 0 bridgehead atoms. The smallest absolute Gasteiger partial charge is 0.270 e. The number of pyridine rings is 1. The van der Waals surface area contributed by atoms with Crippen LogP contribution in [-0.4, -0.2) is 22.3 Å². The number of halogens is 2. The van der Waals surface area contributed by atoms with Gasteiger partial charge in [0.2, 0.25) is 0 Å².